The molecule has 0 amide bonds. The summed E-state index contributed by atoms with van der Waals surface area (Å²) >= 11 is 0. The molecule has 0 heterocycles. The van der Waals surface area contributed by atoms with Crippen molar-refractivity contribution in [1.82, 2.24) is 0 Å². The average molecular weight is 875 g/mol. The molecule has 6 heteroatoms. The molecule has 62 heavy (non-hydrogen) atoms. The molecule has 0 spiro atoms. The Hall–Kier alpha value is -1.85. The maximum Gasteiger partial charge on any atom is 0.306 e. The summed E-state index contributed by atoms with van der Waals surface area (Å²) in [5.41, 5.74) is 0. The molecule has 0 fully saturated rings. The summed E-state index contributed by atoms with van der Waals surface area (Å²) < 4.78 is 16.8. The van der Waals surface area contributed by atoms with Crippen molar-refractivity contribution in [3.05, 3.63) is 12.2 Å². The Morgan fingerprint density at radius 2 is 0.548 bits per heavy atom. The highest BCUT2D eigenvalue weighted by atomic mass is 16.6. The molecule has 0 saturated carbocycles. The SMILES string of the molecule is CCCC/C=C\CCCCCCCC(=O)OCC(COC(=O)CCCCCCCCCCCCCCCCCCCCCCC)OC(=O)CCCCCCCCCCCCCC. The zero-order valence-electron chi connectivity index (χ0n) is 41.9. The first-order valence-corrected chi connectivity index (χ1v) is 27.7. The third kappa shape index (κ3) is 49.2. The van der Waals surface area contributed by atoms with Gasteiger partial charge in [0.2, 0.25) is 0 Å². The van der Waals surface area contributed by atoms with Crippen LogP contribution in [-0.2, 0) is 28.6 Å². The first kappa shape index (κ1) is 60.2. The number of allylic oxidation sites excluding steroid dienone is 2. The van der Waals surface area contributed by atoms with E-state index in [1.54, 1.807) is 0 Å². The van der Waals surface area contributed by atoms with Crippen LogP contribution in [0.2, 0.25) is 0 Å². The van der Waals surface area contributed by atoms with Gasteiger partial charge in [0.05, 0.1) is 0 Å². The molecule has 0 radical (unpaired) electrons. The highest BCUT2D eigenvalue weighted by molar-refractivity contribution is 5.71. The van der Waals surface area contributed by atoms with Crippen LogP contribution >= 0.6 is 0 Å². The molecule has 0 aromatic heterocycles. The number of ether oxygens (including phenoxy) is 3. The predicted octanol–water partition coefficient (Wildman–Crippen LogP) is 18.2. The van der Waals surface area contributed by atoms with Crippen molar-refractivity contribution in [2.75, 3.05) is 13.2 Å². The molecule has 0 N–H and O–H groups in total. The van der Waals surface area contributed by atoms with Gasteiger partial charge < -0.3 is 14.2 Å². The molecule has 0 aliphatic heterocycles. The Kier molecular flexibility index (Phi) is 50.2. The molecule has 0 rings (SSSR count). The van der Waals surface area contributed by atoms with Gasteiger partial charge in [0, 0.05) is 19.3 Å². The lowest BCUT2D eigenvalue weighted by molar-refractivity contribution is -0.167. The zero-order valence-corrected chi connectivity index (χ0v) is 41.9. The van der Waals surface area contributed by atoms with Crippen molar-refractivity contribution in [2.24, 2.45) is 0 Å². The van der Waals surface area contributed by atoms with E-state index in [2.05, 4.69) is 32.9 Å². The summed E-state index contributed by atoms with van der Waals surface area (Å²) in [4.78, 5) is 38.0. The van der Waals surface area contributed by atoms with E-state index in [1.807, 2.05) is 0 Å². The van der Waals surface area contributed by atoms with E-state index in [0.717, 1.165) is 64.2 Å². The summed E-state index contributed by atoms with van der Waals surface area (Å²) in [6, 6.07) is 0. The Bertz CT molecular complexity index is 962. The standard InChI is InChI=1S/C56H106O6/c1-4-7-10-13-16-19-22-24-25-26-27-28-29-30-31-32-35-37-40-43-46-49-55(58)61-52-53(51-60-54(57)48-45-42-39-36-33-21-18-15-12-9-6-3)62-56(59)50-47-44-41-38-34-23-20-17-14-11-8-5-2/h15,18,53H,4-14,16-17,19-52H2,1-3H3/b18-15-. The summed E-state index contributed by atoms with van der Waals surface area (Å²) in [5.74, 6) is -0.858. The van der Waals surface area contributed by atoms with Crippen LogP contribution in [0.4, 0.5) is 0 Å². The van der Waals surface area contributed by atoms with Crippen LogP contribution in [0.1, 0.15) is 310 Å². The number of rotatable bonds is 51. The minimum atomic E-state index is -0.766. The largest absolute Gasteiger partial charge is 0.462 e. The van der Waals surface area contributed by atoms with Crippen molar-refractivity contribution in [3.8, 4) is 0 Å². The number of esters is 3. The third-order valence-electron chi connectivity index (χ3n) is 12.5. The lowest BCUT2D eigenvalue weighted by Gasteiger charge is -2.18. The van der Waals surface area contributed by atoms with E-state index in [-0.39, 0.29) is 31.1 Å². The Labute approximate surface area is 386 Å². The van der Waals surface area contributed by atoms with Gasteiger partial charge in [-0.05, 0) is 38.5 Å². The average Bonchev–Trinajstić information content (AvgIpc) is 3.27. The molecule has 0 aliphatic rings. The van der Waals surface area contributed by atoms with E-state index in [9.17, 15) is 14.4 Å². The van der Waals surface area contributed by atoms with Crippen LogP contribution in [0, 0.1) is 0 Å². The van der Waals surface area contributed by atoms with Crippen LogP contribution in [0.3, 0.4) is 0 Å². The third-order valence-corrected chi connectivity index (χ3v) is 12.5. The fourth-order valence-corrected chi connectivity index (χ4v) is 8.31. The normalized spacial score (nSPS) is 12.0. The van der Waals surface area contributed by atoms with Gasteiger partial charge in [-0.2, -0.15) is 0 Å². The molecule has 0 aliphatic carbocycles. The summed E-state index contributed by atoms with van der Waals surface area (Å²) in [7, 11) is 0. The Morgan fingerprint density at radius 3 is 0.855 bits per heavy atom. The van der Waals surface area contributed by atoms with Gasteiger partial charge in [0.15, 0.2) is 6.10 Å². The number of hydrogen-bond acceptors (Lipinski definition) is 6. The molecule has 1 unspecified atom stereocenters. The van der Waals surface area contributed by atoms with Crippen molar-refractivity contribution >= 4 is 17.9 Å². The predicted molar refractivity (Wildman–Crippen MR) is 266 cm³/mol. The molecular formula is C56H106O6. The number of carbonyl (C=O) groups excluding carboxylic acids is 3. The van der Waals surface area contributed by atoms with Crippen LogP contribution < -0.4 is 0 Å². The van der Waals surface area contributed by atoms with Gasteiger partial charge in [0.25, 0.3) is 0 Å². The second-order valence-corrected chi connectivity index (χ2v) is 18.9. The molecular weight excluding hydrogens is 769 g/mol. The fraction of sp³-hybridized carbons (Fsp3) is 0.911. The van der Waals surface area contributed by atoms with Crippen LogP contribution in [-0.4, -0.2) is 37.2 Å². The maximum absolute atomic E-state index is 12.8. The van der Waals surface area contributed by atoms with Gasteiger partial charge in [0.1, 0.15) is 13.2 Å². The van der Waals surface area contributed by atoms with Crippen molar-refractivity contribution < 1.29 is 28.6 Å². The van der Waals surface area contributed by atoms with Crippen molar-refractivity contribution in [2.45, 2.75) is 316 Å². The summed E-state index contributed by atoms with van der Waals surface area (Å²) in [5, 5.41) is 0. The van der Waals surface area contributed by atoms with E-state index in [4.69, 9.17) is 14.2 Å². The zero-order chi connectivity index (χ0) is 45.1. The maximum atomic E-state index is 12.8. The fourth-order valence-electron chi connectivity index (χ4n) is 8.31. The van der Waals surface area contributed by atoms with Crippen LogP contribution in [0.5, 0.6) is 0 Å². The topological polar surface area (TPSA) is 78.9 Å². The monoisotopic (exact) mass is 875 g/mol. The summed E-state index contributed by atoms with van der Waals surface area (Å²) in [6.45, 7) is 6.64. The Balaban J connectivity index is 4.20. The number of unbranched alkanes of at least 4 members (excludes halogenated alkanes) is 38. The Morgan fingerprint density at radius 1 is 0.306 bits per heavy atom. The van der Waals surface area contributed by atoms with Crippen LogP contribution in [0.25, 0.3) is 0 Å². The van der Waals surface area contributed by atoms with Gasteiger partial charge in [-0.15, -0.1) is 0 Å². The molecule has 1 atom stereocenters. The minimum Gasteiger partial charge on any atom is -0.462 e. The van der Waals surface area contributed by atoms with Gasteiger partial charge in [-0.3, -0.25) is 14.4 Å². The molecule has 0 saturated heterocycles. The van der Waals surface area contributed by atoms with E-state index in [1.165, 1.54) is 205 Å². The van der Waals surface area contributed by atoms with Gasteiger partial charge >= 0.3 is 17.9 Å². The molecule has 6 nitrogen and oxygen atoms in total. The molecule has 0 aromatic carbocycles. The van der Waals surface area contributed by atoms with Crippen molar-refractivity contribution in [3.63, 3.8) is 0 Å². The van der Waals surface area contributed by atoms with Gasteiger partial charge in [-0.1, -0.05) is 264 Å². The van der Waals surface area contributed by atoms with E-state index < -0.39 is 6.10 Å². The van der Waals surface area contributed by atoms with Crippen LogP contribution in [0.15, 0.2) is 12.2 Å². The quantitative estimate of drug-likeness (QED) is 0.0262. The smallest absolute Gasteiger partial charge is 0.306 e. The minimum absolute atomic E-state index is 0.0670. The lowest BCUT2D eigenvalue weighted by Crippen LogP contribution is -2.30. The molecule has 0 bridgehead atoms. The highest BCUT2D eigenvalue weighted by Gasteiger charge is 2.19. The van der Waals surface area contributed by atoms with E-state index >= 15 is 0 Å². The van der Waals surface area contributed by atoms with Gasteiger partial charge in [-0.25, -0.2) is 0 Å². The molecule has 0 aromatic rings. The molecule has 366 valence electrons. The van der Waals surface area contributed by atoms with E-state index in [0.29, 0.717) is 19.3 Å². The lowest BCUT2D eigenvalue weighted by atomic mass is 10.0. The second kappa shape index (κ2) is 51.8. The first-order valence-electron chi connectivity index (χ1n) is 27.7. The second-order valence-electron chi connectivity index (χ2n) is 18.9. The first-order chi connectivity index (χ1) is 30.5. The number of hydrogen-bond donors (Lipinski definition) is 0. The van der Waals surface area contributed by atoms with Crippen molar-refractivity contribution in [1.29, 1.82) is 0 Å². The number of carbonyl (C=O) groups is 3. The highest BCUT2D eigenvalue weighted by Crippen LogP contribution is 2.17. The summed E-state index contributed by atoms with van der Waals surface area (Å²) in [6.07, 6.45) is 57.8.